The fraction of sp³-hybridized carbons (Fsp3) is 0.350. The molecule has 5 nitrogen and oxygen atoms in total. The number of ether oxygens (including phenoxy) is 1. The highest BCUT2D eigenvalue weighted by Crippen LogP contribution is 2.33. The smallest absolute Gasteiger partial charge is 0.143 e. The molecule has 1 aromatic heterocycles. The Morgan fingerprint density at radius 1 is 1.23 bits per heavy atom. The number of nitrogens with zero attached hydrogens (tertiary/aromatic N) is 2. The van der Waals surface area contributed by atoms with Crippen molar-refractivity contribution in [3.8, 4) is 5.75 Å². The van der Waals surface area contributed by atoms with Crippen molar-refractivity contribution in [1.29, 1.82) is 0 Å². The number of rotatable bonds is 4. The highest BCUT2D eigenvalue weighted by atomic mass is 19.1. The number of para-hydroxylation sites is 2. The second-order valence-corrected chi connectivity index (χ2v) is 6.86. The van der Waals surface area contributed by atoms with Crippen molar-refractivity contribution in [2.45, 2.75) is 25.0 Å². The molecule has 2 heterocycles. The van der Waals surface area contributed by atoms with Gasteiger partial charge in [0.15, 0.2) is 0 Å². The Morgan fingerprint density at radius 2 is 2.00 bits per heavy atom. The van der Waals surface area contributed by atoms with Crippen LogP contribution in [0.15, 0.2) is 42.5 Å². The minimum Gasteiger partial charge on any atom is -0.508 e. The maximum Gasteiger partial charge on any atom is 0.143 e. The number of fused-ring (bicyclic) bond motifs is 1. The molecule has 0 radical (unpaired) electrons. The lowest BCUT2D eigenvalue weighted by atomic mass is 10.0. The third kappa shape index (κ3) is 3.43. The van der Waals surface area contributed by atoms with Crippen LogP contribution >= 0.6 is 0 Å². The summed E-state index contributed by atoms with van der Waals surface area (Å²) in [5.41, 5.74) is 1.98. The third-order valence-corrected chi connectivity index (χ3v) is 4.91. The molecule has 0 aliphatic carbocycles. The number of aromatic hydroxyl groups is 1. The Bertz CT molecular complexity index is 870. The number of hydrogen-bond donors (Lipinski definition) is 2. The average Bonchev–Trinajstić information content (AvgIpc) is 3.07. The van der Waals surface area contributed by atoms with E-state index in [2.05, 4.69) is 21.9 Å². The second-order valence-electron chi connectivity index (χ2n) is 6.86. The van der Waals surface area contributed by atoms with Gasteiger partial charge >= 0.3 is 0 Å². The number of phenolic OH excluding ortho intramolecular Hbond substituents is 1. The lowest BCUT2D eigenvalue weighted by molar-refractivity contribution is -0.0277. The van der Waals surface area contributed by atoms with E-state index >= 15 is 0 Å². The molecular weight excluding hydrogens is 333 g/mol. The zero-order chi connectivity index (χ0) is 18.1. The quantitative estimate of drug-likeness (QED) is 0.751. The zero-order valence-corrected chi connectivity index (χ0v) is 14.7. The monoisotopic (exact) mass is 355 g/mol. The number of aromatic amines is 1. The summed E-state index contributed by atoms with van der Waals surface area (Å²) in [5.74, 6) is 0.144. The van der Waals surface area contributed by atoms with Crippen LogP contribution in [0.5, 0.6) is 5.75 Å². The van der Waals surface area contributed by atoms with Crippen LogP contribution in [0.25, 0.3) is 11.0 Å². The molecule has 1 unspecified atom stereocenters. The van der Waals surface area contributed by atoms with Crippen LogP contribution in [0.1, 0.15) is 30.3 Å². The van der Waals surface area contributed by atoms with E-state index in [0.717, 1.165) is 37.0 Å². The minimum absolute atomic E-state index is 0.00879. The van der Waals surface area contributed by atoms with Crippen LogP contribution < -0.4 is 0 Å². The number of likely N-dealkylation sites (tertiary alicyclic amines) is 1. The van der Waals surface area contributed by atoms with Crippen LogP contribution in [-0.4, -0.2) is 46.2 Å². The molecule has 1 aliphatic heterocycles. The van der Waals surface area contributed by atoms with Crippen molar-refractivity contribution in [3.63, 3.8) is 0 Å². The van der Waals surface area contributed by atoms with E-state index in [1.165, 1.54) is 18.2 Å². The van der Waals surface area contributed by atoms with Gasteiger partial charge in [0, 0.05) is 18.7 Å². The molecule has 4 rings (SSSR count). The SMILES string of the molecule is CN1CCC(OC(c2nc3ccccc3[nH]2)c2cc(O)ccc2F)CC1. The molecule has 0 bridgehead atoms. The third-order valence-electron chi connectivity index (χ3n) is 4.91. The van der Waals surface area contributed by atoms with Crippen molar-refractivity contribution >= 4 is 11.0 Å². The van der Waals surface area contributed by atoms with Gasteiger partial charge in [-0.2, -0.15) is 0 Å². The van der Waals surface area contributed by atoms with Gasteiger partial charge in [-0.05, 0) is 50.2 Å². The molecule has 1 aliphatic rings. The number of H-pyrrole nitrogens is 1. The molecule has 26 heavy (non-hydrogen) atoms. The Labute approximate surface area is 151 Å². The lowest BCUT2D eigenvalue weighted by Gasteiger charge is -2.31. The average molecular weight is 355 g/mol. The van der Waals surface area contributed by atoms with E-state index in [9.17, 15) is 9.50 Å². The molecule has 1 atom stereocenters. The number of halogens is 1. The van der Waals surface area contributed by atoms with E-state index in [1.54, 1.807) is 0 Å². The number of phenols is 1. The number of nitrogens with one attached hydrogen (secondary N) is 1. The number of piperidine rings is 1. The standard InChI is InChI=1S/C20H22FN3O2/c1-24-10-8-14(9-11-24)26-19(15-12-13(25)6-7-16(15)21)20-22-17-4-2-3-5-18(17)23-20/h2-7,12,14,19,25H,8-11H2,1H3,(H,22,23). The lowest BCUT2D eigenvalue weighted by Crippen LogP contribution is -2.35. The summed E-state index contributed by atoms with van der Waals surface area (Å²) in [7, 11) is 2.09. The molecule has 1 saturated heterocycles. The van der Waals surface area contributed by atoms with Crippen molar-refractivity contribution in [2.75, 3.05) is 20.1 Å². The second kappa shape index (κ2) is 7.05. The molecule has 2 aromatic carbocycles. The first-order valence-electron chi connectivity index (χ1n) is 8.87. The van der Waals surface area contributed by atoms with Gasteiger partial charge < -0.3 is 19.7 Å². The topological polar surface area (TPSA) is 61.4 Å². The Morgan fingerprint density at radius 3 is 2.77 bits per heavy atom. The molecule has 0 saturated carbocycles. The summed E-state index contributed by atoms with van der Waals surface area (Å²) >= 11 is 0. The van der Waals surface area contributed by atoms with E-state index in [-0.39, 0.29) is 11.9 Å². The fourth-order valence-corrected chi connectivity index (χ4v) is 3.43. The molecule has 6 heteroatoms. The van der Waals surface area contributed by atoms with Gasteiger partial charge in [0.1, 0.15) is 23.5 Å². The van der Waals surface area contributed by atoms with Crippen LogP contribution in [-0.2, 0) is 4.74 Å². The number of imidazole rings is 1. The fourth-order valence-electron chi connectivity index (χ4n) is 3.43. The molecule has 1 fully saturated rings. The number of aromatic nitrogens is 2. The maximum atomic E-state index is 14.5. The molecular formula is C20H22FN3O2. The van der Waals surface area contributed by atoms with Gasteiger partial charge in [0.2, 0.25) is 0 Å². The molecule has 3 aromatic rings. The van der Waals surface area contributed by atoms with Gasteiger partial charge in [-0.15, -0.1) is 0 Å². The van der Waals surface area contributed by atoms with E-state index in [4.69, 9.17) is 4.74 Å². The summed E-state index contributed by atoms with van der Waals surface area (Å²) in [5, 5.41) is 9.85. The summed E-state index contributed by atoms with van der Waals surface area (Å²) in [6.07, 6.45) is 1.09. The van der Waals surface area contributed by atoms with Gasteiger partial charge in [-0.1, -0.05) is 12.1 Å². The summed E-state index contributed by atoms with van der Waals surface area (Å²) in [6, 6.07) is 11.7. The van der Waals surface area contributed by atoms with Gasteiger partial charge in [-0.3, -0.25) is 0 Å². The summed E-state index contributed by atoms with van der Waals surface area (Å²) < 4.78 is 20.8. The van der Waals surface area contributed by atoms with Crippen molar-refractivity contribution in [3.05, 3.63) is 59.7 Å². The highest BCUT2D eigenvalue weighted by Gasteiger charge is 2.28. The normalized spacial score (nSPS) is 17.6. The Balaban J connectivity index is 1.72. The molecule has 2 N–H and O–H groups in total. The minimum atomic E-state index is -0.692. The number of hydrogen-bond acceptors (Lipinski definition) is 4. The van der Waals surface area contributed by atoms with Gasteiger partial charge in [-0.25, -0.2) is 9.37 Å². The van der Waals surface area contributed by atoms with E-state index in [0.29, 0.717) is 11.4 Å². The van der Waals surface area contributed by atoms with Crippen molar-refractivity contribution in [2.24, 2.45) is 0 Å². The molecule has 0 amide bonds. The van der Waals surface area contributed by atoms with Crippen LogP contribution in [0.2, 0.25) is 0 Å². The predicted molar refractivity (Wildman–Crippen MR) is 97.6 cm³/mol. The van der Waals surface area contributed by atoms with Crippen molar-refractivity contribution in [1.82, 2.24) is 14.9 Å². The first-order valence-corrected chi connectivity index (χ1v) is 8.87. The van der Waals surface area contributed by atoms with Crippen LogP contribution in [0.4, 0.5) is 4.39 Å². The Hall–Kier alpha value is -2.44. The van der Waals surface area contributed by atoms with E-state index in [1.807, 2.05) is 24.3 Å². The summed E-state index contributed by atoms with van der Waals surface area (Å²) in [6.45, 7) is 1.89. The first-order chi connectivity index (χ1) is 12.6. The van der Waals surface area contributed by atoms with E-state index < -0.39 is 11.9 Å². The molecule has 136 valence electrons. The predicted octanol–water partition coefficient (Wildman–Crippen LogP) is 3.61. The zero-order valence-electron chi connectivity index (χ0n) is 14.7. The molecule has 0 spiro atoms. The maximum absolute atomic E-state index is 14.5. The van der Waals surface area contributed by atoms with Crippen LogP contribution in [0.3, 0.4) is 0 Å². The van der Waals surface area contributed by atoms with Gasteiger partial charge in [0.05, 0.1) is 17.1 Å². The summed E-state index contributed by atoms with van der Waals surface area (Å²) in [4.78, 5) is 10.1. The first kappa shape index (κ1) is 17.0. The number of benzene rings is 2. The highest BCUT2D eigenvalue weighted by molar-refractivity contribution is 5.74. The Kier molecular flexibility index (Phi) is 4.61. The van der Waals surface area contributed by atoms with Gasteiger partial charge in [0.25, 0.3) is 0 Å². The van der Waals surface area contributed by atoms with Crippen LogP contribution in [0, 0.1) is 5.82 Å². The van der Waals surface area contributed by atoms with Crippen molar-refractivity contribution < 1.29 is 14.2 Å². The largest absolute Gasteiger partial charge is 0.508 e.